The second-order valence-corrected chi connectivity index (χ2v) is 7.76. The van der Waals surface area contributed by atoms with E-state index in [1.54, 1.807) is 0 Å². The van der Waals surface area contributed by atoms with Gasteiger partial charge in [0.2, 0.25) is 0 Å². The standard InChI is InChI=1S/C13H15ClFNO3S/c1-7-3-10(7)6-16-13(17)9-4-8(2)12(15)11(5-9)20(14,18)19/h4-5,7,10H,3,6H2,1-2H3,(H,16,17). The summed E-state index contributed by atoms with van der Waals surface area (Å²) in [7, 11) is 0.947. The van der Waals surface area contributed by atoms with Gasteiger partial charge < -0.3 is 5.32 Å². The van der Waals surface area contributed by atoms with Crippen LogP contribution >= 0.6 is 10.7 Å². The predicted octanol–water partition coefficient (Wildman–Crippen LogP) is 2.45. The lowest BCUT2D eigenvalue weighted by molar-refractivity contribution is 0.0951. The second kappa shape index (κ2) is 5.33. The maximum Gasteiger partial charge on any atom is 0.264 e. The van der Waals surface area contributed by atoms with Crippen LogP contribution in [0, 0.1) is 24.6 Å². The molecule has 0 aliphatic heterocycles. The molecule has 0 saturated heterocycles. The van der Waals surface area contributed by atoms with Gasteiger partial charge in [-0.2, -0.15) is 0 Å². The second-order valence-electron chi connectivity index (χ2n) is 5.23. The number of amides is 1. The summed E-state index contributed by atoms with van der Waals surface area (Å²) in [6, 6.07) is 2.28. The summed E-state index contributed by atoms with van der Waals surface area (Å²) < 4.78 is 36.3. The highest BCUT2D eigenvalue weighted by Gasteiger charge is 2.32. The normalized spacial score (nSPS) is 21.6. The summed E-state index contributed by atoms with van der Waals surface area (Å²) in [4.78, 5) is 11.3. The van der Waals surface area contributed by atoms with E-state index >= 15 is 0 Å². The SMILES string of the molecule is Cc1cc(C(=O)NCC2CC2C)cc(S(=O)(=O)Cl)c1F. The molecule has 2 atom stereocenters. The van der Waals surface area contributed by atoms with Crippen molar-refractivity contribution < 1.29 is 17.6 Å². The summed E-state index contributed by atoms with van der Waals surface area (Å²) >= 11 is 0. The third-order valence-corrected chi connectivity index (χ3v) is 4.87. The molecular weight excluding hydrogens is 305 g/mol. The average Bonchev–Trinajstić information content (AvgIpc) is 3.04. The molecule has 1 saturated carbocycles. The van der Waals surface area contributed by atoms with Gasteiger partial charge in [0.25, 0.3) is 15.0 Å². The average molecular weight is 320 g/mol. The molecule has 4 nitrogen and oxygen atoms in total. The van der Waals surface area contributed by atoms with E-state index in [1.807, 2.05) is 0 Å². The Bertz CT molecular complexity index is 660. The van der Waals surface area contributed by atoms with Crippen LogP contribution in [-0.2, 0) is 9.05 Å². The lowest BCUT2D eigenvalue weighted by Crippen LogP contribution is -2.26. The van der Waals surface area contributed by atoms with E-state index in [-0.39, 0.29) is 11.1 Å². The van der Waals surface area contributed by atoms with E-state index in [2.05, 4.69) is 12.2 Å². The molecule has 2 unspecified atom stereocenters. The van der Waals surface area contributed by atoms with Crippen LogP contribution in [0.15, 0.2) is 17.0 Å². The largest absolute Gasteiger partial charge is 0.352 e. The lowest BCUT2D eigenvalue weighted by atomic mass is 10.1. The van der Waals surface area contributed by atoms with Gasteiger partial charge in [0.05, 0.1) is 0 Å². The Morgan fingerprint density at radius 1 is 1.50 bits per heavy atom. The van der Waals surface area contributed by atoms with Crippen molar-refractivity contribution in [2.45, 2.75) is 25.2 Å². The zero-order valence-electron chi connectivity index (χ0n) is 11.1. The molecule has 0 bridgehead atoms. The van der Waals surface area contributed by atoms with Gasteiger partial charge in [-0.3, -0.25) is 4.79 Å². The molecule has 0 radical (unpaired) electrons. The number of nitrogens with one attached hydrogen (secondary N) is 1. The number of carbonyl (C=O) groups excluding carboxylic acids is 1. The van der Waals surface area contributed by atoms with E-state index in [9.17, 15) is 17.6 Å². The van der Waals surface area contributed by atoms with Crippen molar-refractivity contribution in [3.63, 3.8) is 0 Å². The minimum Gasteiger partial charge on any atom is -0.352 e. The van der Waals surface area contributed by atoms with E-state index in [4.69, 9.17) is 10.7 Å². The third kappa shape index (κ3) is 3.30. The van der Waals surface area contributed by atoms with Crippen molar-refractivity contribution in [2.24, 2.45) is 11.8 Å². The molecule has 1 aliphatic carbocycles. The van der Waals surface area contributed by atoms with Crippen LogP contribution in [0.3, 0.4) is 0 Å². The van der Waals surface area contributed by atoms with Crippen molar-refractivity contribution in [2.75, 3.05) is 6.54 Å². The summed E-state index contributed by atoms with van der Waals surface area (Å²) in [6.07, 6.45) is 1.07. The number of benzene rings is 1. The van der Waals surface area contributed by atoms with Gasteiger partial charge in [-0.1, -0.05) is 6.92 Å². The minimum atomic E-state index is -4.22. The van der Waals surface area contributed by atoms with E-state index < -0.39 is 25.7 Å². The van der Waals surface area contributed by atoms with Crippen LogP contribution in [0.1, 0.15) is 29.3 Å². The first kappa shape index (κ1) is 15.3. The summed E-state index contributed by atoms with van der Waals surface area (Å²) in [5, 5.41) is 2.72. The van der Waals surface area contributed by atoms with Crippen LogP contribution in [0.5, 0.6) is 0 Å². The Morgan fingerprint density at radius 3 is 2.60 bits per heavy atom. The fourth-order valence-corrected chi connectivity index (χ4v) is 3.03. The Morgan fingerprint density at radius 2 is 2.10 bits per heavy atom. The Kier molecular flexibility index (Phi) is 4.07. The molecule has 1 aromatic rings. The van der Waals surface area contributed by atoms with Gasteiger partial charge in [-0.25, -0.2) is 12.8 Å². The van der Waals surface area contributed by atoms with Crippen molar-refractivity contribution in [3.8, 4) is 0 Å². The Labute approximate surface area is 121 Å². The van der Waals surface area contributed by atoms with Crippen LogP contribution in [0.4, 0.5) is 4.39 Å². The van der Waals surface area contributed by atoms with Gasteiger partial charge >= 0.3 is 0 Å². The maximum atomic E-state index is 13.7. The molecule has 20 heavy (non-hydrogen) atoms. The molecule has 1 fully saturated rings. The number of hydrogen-bond acceptors (Lipinski definition) is 3. The third-order valence-electron chi connectivity index (χ3n) is 3.55. The molecule has 1 amide bonds. The molecular formula is C13H15ClFNO3S. The van der Waals surface area contributed by atoms with Crippen LogP contribution in [-0.4, -0.2) is 20.9 Å². The topological polar surface area (TPSA) is 63.2 Å². The molecule has 1 aliphatic rings. The maximum absolute atomic E-state index is 13.7. The molecule has 1 N–H and O–H groups in total. The van der Waals surface area contributed by atoms with E-state index in [1.165, 1.54) is 13.0 Å². The quantitative estimate of drug-likeness (QED) is 0.867. The van der Waals surface area contributed by atoms with Crippen LogP contribution in [0.25, 0.3) is 0 Å². The molecule has 1 aromatic carbocycles. The molecule has 0 aromatic heterocycles. The summed E-state index contributed by atoms with van der Waals surface area (Å²) in [6.45, 7) is 4.02. The smallest absolute Gasteiger partial charge is 0.264 e. The first-order valence-corrected chi connectivity index (χ1v) is 8.54. The van der Waals surface area contributed by atoms with Crippen molar-refractivity contribution in [1.29, 1.82) is 0 Å². The summed E-state index contributed by atoms with van der Waals surface area (Å²) in [5.41, 5.74) is 0.160. The molecule has 0 spiro atoms. The molecule has 2 rings (SSSR count). The number of aryl methyl sites for hydroxylation is 1. The van der Waals surface area contributed by atoms with Crippen molar-refractivity contribution >= 4 is 25.6 Å². The number of rotatable bonds is 4. The van der Waals surface area contributed by atoms with Crippen LogP contribution < -0.4 is 5.32 Å². The number of hydrogen-bond donors (Lipinski definition) is 1. The van der Waals surface area contributed by atoms with Gasteiger partial charge in [0.1, 0.15) is 10.7 Å². The van der Waals surface area contributed by atoms with Gasteiger partial charge in [-0.05, 0) is 42.9 Å². The zero-order valence-corrected chi connectivity index (χ0v) is 12.7. The molecule has 110 valence electrons. The highest BCUT2D eigenvalue weighted by atomic mass is 35.7. The highest BCUT2D eigenvalue weighted by Crippen LogP contribution is 2.36. The Hall–Kier alpha value is -1.14. The fourth-order valence-electron chi connectivity index (χ4n) is 2.06. The predicted molar refractivity (Wildman–Crippen MR) is 73.8 cm³/mol. The first-order chi connectivity index (χ1) is 9.20. The number of halogens is 2. The van der Waals surface area contributed by atoms with Gasteiger partial charge in [-0.15, -0.1) is 0 Å². The van der Waals surface area contributed by atoms with E-state index in [0.717, 1.165) is 12.5 Å². The van der Waals surface area contributed by atoms with Crippen LogP contribution in [0.2, 0.25) is 0 Å². The van der Waals surface area contributed by atoms with Crippen molar-refractivity contribution in [1.82, 2.24) is 5.32 Å². The molecule has 0 heterocycles. The Balaban J connectivity index is 2.23. The number of carbonyl (C=O) groups is 1. The summed E-state index contributed by atoms with van der Waals surface area (Å²) in [5.74, 6) is -0.276. The monoisotopic (exact) mass is 319 g/mol. The fraction of sp³-hybridized carbons (Fsp3) is 0.462. The molecule has 7 heteroatoms. The van der Waals surface area contributed by atoms with Crippen molar-refractivity contribution in [3.05, 3.63) is 29.1 Å². The van der Waals surface area contributed by atoms with Gasteiger partial charge in [0, 0.05) is 22.8 Å². The van der Waals surface area contributed by atoms with Gasteiger partial charge in [0.15, 0.2) is 0 Å². The van der Waals surface area contributed by atoms with E-state index in [0.29, 0.717) is 18.4 Å². The lowest BCUT2D eigenvalue weighted by Gasteiger charge is -2.08. The first-order valence-electron chi connectivity index (χ1n) is 6.23. The zero-order chi connectivity index (χ0) is 15.1. The minimum absolute atomic E-state index is 0.0664. The highest BCUT2D eigenvalue weighted by molar-refractivity contribution is 8.13.